The SMILES string of the molecule is CCOc1ccc2nc(C)c(C)nc2c1[N+](=O)[O-]. The average molecular weight is 247 g/mol. The van der Waals surface area contributed by atoms with Crippen LogP contribution in [0.4, 0.5) is 5.69 Å². The van der Waals surface area contributed by atoms with Crippen LogP contribution in [0.5, 0.6) is 5.75 Å². The predicted molar refractivity (Wildman–Crippen MR) is 66.8 cm³/mol. The van der Waals surface area contributed by atoms with Gasteiger partial charge in [0.1, 0.15) is 0 Å². The first-order valence-electron chi connectivity index (χ1n) is 5.59. The summed E-state index contributed by atoms with van der Waals surface area (Å²) in [6.07, 6.45) is 0. The molecule has 6 heteroatoms. The second kappa shape index (κ2) is 4.56. The molecule has 94 valence electrons. The standard InChI is InChI=1S/C12H13N3O3/c1-4-18-10-6-5-9-11(12(10)15(16)17)14-8(3)7(2)13-9/h5-6H,4H2,1-3H3. The molecule has 0 atom stereocenters. The number of fused-ring (bicyclic) bond motifs is 1. The molecule has 0 aliphatic carbocycles. The Bertz CT molecular complexity index is 625. The minimum absolute atomic E-state index is 0.120. The summed E-state index contributed by atoms with van der Waals surface area (Å²) in [5.41, 5.74) is 2.10. The molecule has 0 bridgehead atoms. The van der Waals surface area contributed by atoms with Crippen LogP contribution in [0, 0.1) is 24.0 Å². The number of ether oxygens (including phenoxy) is 1. The molecule has 0 unspecified atom stereocenters. The lowest BCUT2D eigenvalue weighted by Crippen LogP contribution is -2.01. The van der Waals surface area contributed by atoms with Crippen LogP contribution in [0.2, 0.25) is 0 Å². The maximum atomic E-state index is 11.2. The van der Waals surface area contributed by atoms with Crippen LogP contribution in [0.25, 0.3) is 11.0 Å². The fraction of sp³-hybridized carbons (Fsp3) is 0.333. The number of hydrogen-bond donors (Lipinski definition) is 0. The van der Waals surface area contributed by atoms with Crippen LogP contribution >= 0.6 is 0 Å². The highest BCUT2D eigenvalue weighted by molar-refractivity contribution is 5.87. The van der Waals surface area contributed by atoms with E-state index < -0.39 is 4.92 Å². The molecule has 2 aromatic rings. The van der Waals surface area contributed by atoms with Gasteiger partial charge in [0.2, 0.25) is 0 Å². The largest absolute Gasteiger partial charge is 0.487 e. The Morgan fingerprint density at radius 3 is 2.56 bits per heavy atom. The first kappa shape index (κ1) is 12.2. The van der Waals surface area contributed by atoms with Gasteiger partial charge >= 0.3 is 5.69 Å². The highest BCUT2D eigenvalue weighted by atomic mass is 16.6. The van der Waals surface area contributed by atoms with Crippen molar-refractivity contribution in [2.24, 2.45) is 0 Å². The van der Waals surface area contributed by atoms with Gasteiger partial charge in [-0.2, -0.15) is 0 Å². The van der Waals surface area contributed by atoms with Gasteiger partial charge in [-0.3, -0.25) is 10.1 Å². The van der Waals surface area contributed by atoms with Crippen molar-refractivity contribution in [3.05, 3.63) is 33.6 Å². The van der Waals surface area contributed by atoms with Gasteiger partial charge in [-0.15, -0.1) is 0 Å². The molecule has 0 spiro atoms. The zero-order chi connectivity index (χ0) is 13.3. The number of nitrogens with zero attached hydrogens (tertiary/aromatic N) is 3. The van der Waals surface area contributed by atoms with E-state index in [0.29, 0.717) is 17.8 Å². The number of aromatic nitrogens is 2. The summed E-state index contributed by atoms with van der Waals surface area (Å²) < 4.78 is 5.27. The van der Waals surface area contributed by atoms with Crippen molar-refractivity contribution in [2.75, 3.05) is 6.61 Å². The maximum Gasteiger partial charge on any atom is 0.338 e. The normalized spacial score (nSPS) is 10.6. The summed E-state index contributed by atoms with van der Waals surface area (Å²) in [6.45, 7) is 5.74. The highest BCUT2D eigenvalue weighted by Gasteiger charge is 2.22. The molecule has 0 N–H and O–H groups in total. The number of benzene rings is 1. The number of aryl methyl sites for hydroxylation is 2. The first-order valence-corrected chi connectivity index (χ1v) is 5.59. The predicted octanol–water partition coefficient (Wildman–Crippen LogP) is 2.55. The zero-order valence-electron chi connectivity index (χ0n) is 10.4. The summed E-state index contributed by atoms with van der Waals surface area (Å²) in [5, 5.41) is 11.2. The molecule has 0 fully saturated rings. The van der Waals surface area contributed by atoms with E-state index in [9.17, 15) is 10.1 Å². The van der Waals surface area contributed by atoms with E-state index in [0.717, 1.165) is 5.69 Å². The average Bonchev–Trinajstić information content (AvgIpc) is 2.31. The monoisotopic (exact) mass is 247 g/mol. The van der Waals surface area contributed by atoms with Crippen molar-refractivity contribution in [3.63, 3.8) is 0 Å². The Hall–Kier alpha value is -2.24. The Kier molecular flexibility index (Phi) is 3.10. The zero-order valence-corrected chi connectivity index (χ0v) is 10.4. The molecule has 0 radical (unpaired) electrons. The fourth-order valence-corrected chi connectivity index (χ4v) is 1.71. The first-order chi connectivity index (χ1) is 8.54. The lowest BCUT2D eigenvalue weighted by Gasteiger charge is -2.07. The van der Waals surface area contributed by atoms with Crippen molar-refractivity contribution < 1.29 is 9.66 Å². The highest BCUT2D eigenvalue weighted by Crippen LogP contribution is 2.33. The topological polar surface area (TPSA) is 78.2 Å². The molecule has 18 heavy (non-hydrogen) atoms. The van der Waals surface area contributed by atoms with E-state index in [1.54, 1.807) is 26.0 Å². The van der Waals surface area contributed by atoms with Gasteiger partial charge in [-0.1, -0.05) is 0 Å². The maximum absolute atomic E-state index is 11.2. The molecule has 1 aromatic carbocycles. The number of hydrogen-bond acceptors (Lipinski definition) is 5. The van der Waals surface area contributed by atoms with Crippen LogP contribution in [-0.2, 0) is 0 Å². The third-order valence-corrected chi connectivity index (χ3v) is 2.67. The van der Waals surface area contributed by atoms with Gasteiger partial charge in [-0.25, -0.2) is 9.97 Å². The van der Waals surface area contributed by atoms with E-state index in [4.69, 9.17) is 4.74 Å². The third-order valence-electron chi connectivity index (χ3n) is 2.67. The van der Waals surface area contributed by atoms with Crippen molar-refractivity contribution in [3.8, 4) is 5.75 Å². The fourth-order valence-electron chi connectivity index (χ4n) is 1.71. The number of nitro groups is 1. The summed E-state index contributed by atoms with van der Waals surface area (Å²) in [4.78, 5) is 19.2. The van der Waals surface area contributed by atoms with Crippen molar-refractivity contribution in [1.82, 2.24) is 9.97 Å². The summed E-state index contributed by atoms with van der Waals surface area (Å²) in [6, 6.07) is 3.25. The van der Waals surface area contributed by atoms with Crippen LogP contribution in [-0.4, -0.2) is 21.5 Å². The summed E-state index contributed by atoms with van der Waals surface area (Å²) in [7, 11) is 0. The van der Waals surface area contributed by atoms with Gasteiger partial charge < -0.3 is 4.74 Å². The van der Waals surface area contributed by atoms with E-state index in [1.165, 1.54) is 0 Å². The molecule has 0 aliphatic heterocycles. The van der Waals surface area contributed by atoms with E-state index >= 15 is 0 Å². The molecule has 0 aliphatic rings. The second-order valence-electron chi connectivity index (χ2n) is 3.86. The Morgan fingerprint density at radius 2 is 1.94 bits per heavy atom. The second-order valence-corrected chi connectivity index (χ2v) is 3.86. The third kappa shape index (κ3) is 1.97. The van der Waals surface area contributed by atoms with Gasteiger partial charge in [0, 0.05) is 0 Å². The van der Waals surface area contributed by atoms with Crippen LogP contribution in [0.15, 0.2) is 12.1 Å². The molecule has 0 amide bonds. The van der Waals surface area contributed by atoms with Gasteiger partial charge in [-0.05, 0) is 32.9 Å². The van der Waals surface area contributed by atoms with Crippen LogP contribution in [0.3, 0.4) is 0 Å². The molecular weight excluding hydrogens is 234 g/mol. The van der Waals surface area contributed by atoms with Gasteiger partial charge in [0.15, 0.2) is 11.3 Å². The molecule has 2 rings (SSSR count). The van der Waals surface area contributed by atoms with E-state index in [-0.39, 0.29) is 17.0 Å². The van der Waals surface area contributed by atoms with E-state index in [2.05, 4.69) is 9.97 Å². The van der Waals surface area contributed by atoms with E-state index in [1.807, 2.05) is 6.92 Å². The molecule has 1 heterocycles. The quantitative estimate of drug-likeness (QED) is 0.615. The minimum atomic E-state index is -0.475. The summed E-state index contributed by atoms with van der Waals surface area (Å²) >= 11 is 0. The van der Waals surface area contributed by atoms with Crippen LogP contribution < -0.4 is 4.74 Å². The minimum Gasteiger partial charge on any atom is -0.487 e. The van der Waals surface area contributed by atoms with Crippen molar-refractivity contribution in [2.45, 2.75) is 20.8 Å². The molecule has 0 saturated heterocycles. The molecule has 6 nitrogen and oxygen atoms in total. The number of rotatable bonds is 3. The van der Waals surface area contributed by atoms with Crippen LogP contribution in [0.1, 0.15) is 18.3 Å². The Balaban J connectivity index is 2.80. The molecule has 0 saturated carbocycles. The lowest BCUT2D eigenvalue weighted by molar-refractivity contribution is -0.384. The van der Waals surface area contributed by atoms with Gasteiger partial charge in [0.25, 0.3) is 0 Å². The molecular formula is C12H13N3O3. The summed E-state index contributed by atoms with van der Waals surface area (Å²) in [5.74, 6) is 0.229. The molecule has 1 aromatic heterocycles. The number of nitro benzene ring substituents is 1. The lowest BCUT2D eigenvalue weighted by atomic mass is 10.2. The van der Waals surface area contributed by atoms with Crippen molar-refractivity contribution >= 4 is 16.7 Å². The smallest absolute Gasteiger partial charge is 0.338 e. The Labute approximate surface area is 104 Å². The Morgan fingerprint density at radius 1 is 1.28 bits per heavy atom. The van der Waals surface area contributed by atoms with Gasteiger partial charge in [0.05, 0.1) is 28.4 Å². The van der Waals surface area contributed by atoms with Crippen molar-refractivity contribution in [1.29, 1.82) is 0 Å².